The van der Waals surface area contributed by atoms with E-state index in [0.29, 0.717) is 23.7 Å². The number of aromatic amines is 1. The molecule has 0 fully saturated rings. The van der Waals surface area contributed by atoms with E-state index in [1.165, 1.54) is 6.20 Å². The summed E-state index contributed by atoms with van der Waals surface area (Å²) < 4.78 is 0. The van der Waals surface area contributed by atoms with E-state index >= 15 is 0 Å². The number of benzene rings is 1. The second kappa shape index (κ2) is 6.34. The SMILES string of the molecule is CC(CCCO)NC(=O)c1c[nH]c2ccccc2c1=O. The van der Waals surface area contributed by atoms with E-state index in [9.17, 15) is 9.59 Å². The molecular formula is C15H18N2O3. The van der Waals surface area contributed by atoms with Gasteiger partial charge in [-0.2, -0.15) is 0 Å². The Labute approximate surface area is 116 Å². The molecule has 3 N–H and O–H groups in total. The van der Waals surface area contributed by atoms with E-state index in [4.69, 9.17) is 5.11 Å². The topological polar surface area (TPSA) is 82.2 Å². The molecule has 0 bridgehead atoms. The summed E-state index contributed by atoms with van der Waals surface area (Å²) in [5.74, 6) is -0.387. The smallest absolute Gasteiger partial charge is 0.256 e. The molecule has 20 heavy (non-hydrogen) atoms. The number of carbonyl (C=O) groups excluding carboxylic acids is 1. The van der Waals surface area contributed by atoms with Gasteiger partial charge in [0.25, 0.3) is 5.91 Å². The van der Waals surface area contributed by atoms with E-state index in [1.54, 1.807) is 18.2 Å². The van der Waals surface area contributed by atoms with Crippen LogP contribution in [0.15, 0.2) is 35.3 Å². The highest BCUT2D eigenvalue weighted by Crippen LogP contribution is 2.07. The fraction of sp³-hybridized carbons (Fsp3) is 0.333. The molecule has 0 aliphatic carbocycles. The number of hydrogen-bond donors (Lipinski definition) is 3. The van der Waals surface area contributed by atoms with Gasteiger partial charge in [-0.1, -0.05) is 12.1 Å². The Morgan fingerprint density at radius 2 is 2.15 bits per heavy atom. The van der Waals surface area contributed by atoms with Crippen LogP contribution in [0.1, 0.15) is 30.1 Å². The number of fused-ring (bicyclic) bond motifs is 1. The maximum Gasteiger partial charge on any atom is 0.256 e. The number of aliphatic hydroxyl groups is 1. The monoisotopic (exact) mass is 274 g/mol. The molecule has 106 valence electrons. The van der Waals surface area contributed by atoms with Gasteiger partial charge in [0.15, 0.2) is 0 Å². The third-order valence-corrected chi connectivity index (χ3v) is 3.21. The molecule has 0 saturated carbocycles. The van der Waals surface area contributed by atoms with Gasteiger partial charge in [-0.15, -0.1) is 0 Å². The summed E-state index contributed by atoms with van der Waals surface area (Å²) in [7, 11) is 0. The lowest BCUT2D eigenvalue weighted by Gasteiger charge is -2.13. The first-order chi connectivity index (χ1) is 9.63. The summed E-state index contributed by atoms with van der Waals surface area (Å²) in [5, 5.41) is 12.0. The third-order valence-electron chi connectivity index (χ3n) is 3.21. The summed E-state index contributed by atoms with van der Waals surface area (Å²) in [5.41, 5.74) is 0.549. The fourth-order valence-corrected chi connectivity index (χ4v) is 2.11. The lowest BCUT2D eigenvalue weighted by molar-refractivity contribution is 0.0935. The van der Waals surface area contributed by atoms with E-state index in [0.717, 1.165) is 0 Å². The zero-order valence-corrected chi connectivity index (χ0v) is 11.3. The molecule has 1 aromatic carbocycles. The van der Waals surface area contributed by atoms with Gasteiger partial charge in [0.2, 0.25) is 5.43 Å². The number of pyridine rings is 1. The highest BCUT2D eigenvalue weighted by Gasteiger charge is 2.14. The summed E-state index contributed by atoms with van der Waals surface area (Å²) in [6, 6.07) is 7.00. The second-order valence-electron chi connectivity index (χ2n) is 4.82. The Balaban J connectivity index is 2.22. The number of H-pyrrole nitrogens is 1. The first-order valence-electron chi connectivity index (χ1n) is 6.65. The normalized spacial score (nSPS) is 12.3. The van der Waals surface area contributed by atoms with Crippen molar-refractivity contribution in [1.29, 1.82) is 0 Å². The van der Waals surface area contributed by atoms with Crippen molar-refractivity contribution in [1.82, 2.24) is 10.3 Å². The van der Waals surface area contributed by atoms with Crippen LogP contribution in [0, 0.1) is 0 Å². The van der Waals surface area contributed by atoms with Gasteiger partial charge >= 0.3 is 0 Å². The molecule has 0 aliphatic rings. The quantitative estimate of drug-likeness (QED) is 0.771. The lowest BCUT2D eigenvalue weighted by Crippen LogP contribution is -2.35. The number of aromatic nitrogens is 1. The lowest BCUT2D eigenvalue weighted by atomic mass is 10.1. The minimum Gasteiger partial charge on any atom is -0.396 e. The average molecular weight is 274 g/mol. The molecule has 0 aliphatic heterocycles. The molecule has 1 heterocycles. The van der Waals surface area contributed by atoms with Gasteiger partial charge in [0.05, 0.1) is 0 Å². The van der Waals surface area contributed by atoms with Gasteiger partial charge < -0.3 is 15.4 Å². The minimum absolute atomic E-state index is 0.0829. The number of nitrogens with one attached hydrogen (secondary N) is 2. The molecular weight excluding hydrogens is 256 g/mol. The number of amides is 1. The van der Waals surface area contributed by atoms with Crippen molar-refractivity contribution in [2.24, 2.45) is 0 Å². The molecule has 0 radical (unpaired) electrons. The van der Waals surface area contributed by atoms with Crippen molar-refractivity contribution in [3.63, 3.8) is 0 Å². The van der Waals surface area contributed by atoms with Crippen LogP contribution in [0.25, 0.3) is 10.9 Å². The Kier molecular flexibility index (Phi) is 4.53. The van der Waals surface area contributed by atoms with Crippen LogP contribution in [-0.4, -0.2) is 28.6 Å². The summed E-state index contributed by atoms with van der Waals surface area (Å²) in [6.07, 6.45) is 2.74. The third kappa shape index (κ3) is 3.05. The van der Waals surface area contributed by atoms with E-state index in [1.807, 2.05) is 13.0 Å². The maximum atomic E-state index is 12.2. The standard InChI is InChI=1S/C15H18N2O3/c1-10(5-4-8-18)17-15(20)12-9-16-13-7-3-2-6-11(13)14(12)19/h2-3,6-7,9-10,18H,4-5,8H2,1H3,(H,16,19)(H,17,20). The predicted octanol–water partition coefficient (Wildman–Crippen LogP) is 1.42. The second-order valence-corrected chi connectivity index (χ2v) is 4.82. The fourth-order valence-electron chi connectivity index (χ4n) is 2.11. The van der Waals surface area contributed by atoms with Crippen molar-refractivity contribution in [3.05, 3.63) is 46.2 Å². The van der Waals surface area contributed by atoms with Gasteiger partial charge in [-0.3, -0.25) is 9.59 Å². The Bertz CT molecular complexity index is 663. The van der Waals surface area contributed by atoms with Gasteiger partial charge in [0, 0.05) is 29.7 Å². The van der Waals surface area contributed by atoms with Crippen LogP contribution in [0.4, 0.5) is 0 Å². The molecule has 5 nitrogen and oxygen atoms in total. The summed E-state index contributed by atoms with van der Waals surface area (Å²) in [4.78, 5) is 27.3. The number of rotatable bonds is 5. The van der Waals surface area contributed by atoms with E-state index < -0.39 is 0 Å². The maximum absolute atomic E-state index is 12.2. The van der Waals surface area contributed by atoms with Crippen molar-refractivity contribution in [3.8, 4) is 0 Å². The summed E-state index contributed by atoms with van der Waals surface area (Å²) in [6.45, 7) is 1.94. The van der Waals surface area contributed by atoms with Crippen molar-refractivity contribution < 1.29 is 9.90 Å². The largest absolute Gasteiger partial charge is 0.396 e. The van der Waals surface area contributed by atoms with Crippen LogP contribution in [0.3, 0.4) is 0 Å². The Morgan fingerprint density at radius 1 is 1.40 bits per heavy atom. The van der Waals surface area contributed by atoms with Crippen LogP contribution in [-0.2, 0) is 0 Å². The van der Waals surface area contributed by atoms with Crippen LogP contribution >= 0.6 is 0 Å². The number of para-hydroxylation sites is 1. The average Bonchev–Trinajstić information content (AvgIpc) is 2.45. The Hall–Kier alpha value is -2.14. The van der Waals surface area contributed by atoms with E-state index in [2.05, 4.69) is 10.3 Å². The molecule has 2 aromatic rings. The first kappa shape index (κ1) is 14.3. The molecule has 0 spiro atoms. The molecule has 1 aromatic heterocycles. The minimum atomic E-state index is -0.387. The van der Waals surface area contributed by atoms with Crippen LogP contribution in [0.5, 0.6) is 0 Å². The summed E-state index contributed by atoms with van der Waals surface area (Å²) >= 11 is 0. The first-order valence-corrected chi connectivity index (χ1v) is 6.65. The molecule has 1 amide bonds. The van der Waals surface area contributed by atoms with Crippen LogP contribution < -0.4 is 10.7 Å². The van der Waals surface area contributed by atoms with Gasteiger partial charge in [0.1, 0.15) is 5.56 Å². The Morgan fingerprint density at radius 3 is 2.90 bits per heavy atom. The zero-order chi connectivity index (χ0) is 14.5. The number of carbonyl (C=O) groups is 1. The number of aliphatic hydroxyl groups excluding tert-OH is 1. The molecule has 2 rings (SSSR count). The highest BCUT2D eigenvalue weighted by atomic mass is 16.3. The van der Waals surface area contributed by atoms with Crippen LogP contribution in [0.2, 0.25) is 0 Å². The van der Waals surface area contributed by atoms with Gasteiger partial charge in [-0.25, -0.2) is 0 Å². The molecule has 5 heteroatoms. The molecule has 0 saturated heterocycles. The molecule has 1 unspecified atom stereocenters. The zero-order valence-electron chi connectivity index (χ0n) is 11.3. The molecule has 1 atom stereocenters. The predicted molar refractivity (Wildman–Crippen MR) is 77.8 cm³/mol. The van der Waals surface area contributed by atoms with Crippen molar-refractivity contribution >= 4 is 16.8 Å². The van der Waals surface area contributed by atoms with E-state index in [-0.39, 0.29) is 29.5 Å². The van der Waals surface area contributed by atoms with Crippen molar-refractivity contribution in [2.75, 3.05) is 6.61 Å². The van der Waals surface area contributed by atoms with Crippen molar-refractivity contribution in [2.45, 2.75) is 25.8 Å². The number of hydrogen-bond acceptors (Lipinski definition) is 3. The highest BCUT2D eigenvalue weighted by molar-refractivity contribution is 5.97. The van der Waals surface area contributed by atoms with Gasteiger partial charge in [-0.05, 0) is 31.9 Å².